The van der Waals surface area contributed by atoms with Gasteiger partial charge in [-0.05, 0) is 30.3 Å². The molecule has 2 heterocycles. The number of fused-ring (bicyclic) bond motifs is 1. The van der Waals surface area contributed by atoms with Crippen molar-refractivity contribution in [1.29, 1.82) is 0 Å². The Bertz CT molecular complexity index is 1330. The largest absolute Gasteiger partial charge is 0.422 e. The highest BCUT2D eigenvalue weighted by molar-refractivity contribution is 7.14. The molecule has 0 radical (unpaired) electrons. The van der Waals surface area contributed by atoms with Crippen molar-refractivity contribution in [2.45, 2.75) is 6.18 Å². The zero-order chi connectivity index (χ0) is 21.5. The summed E-state index contributed by atoms with van der Waals surface area (Å²) in [5.41, 5.74) is -0.965. The van der Waals surface area contributed by atoms with Crippen LogP contribution in [0.4, 0.5) is 29.7 Å². The zero-order valence-electron chi connectivity index (χ0n) is 14.8. The van der Waals surface area contributed by atoms with Crippen molar-refractivity contribution in [2.24, 2.45) is 0 Å². The molecule has 0 aliphatic carbocycles. The summed E-state index contributed by atoms with van der Waals surface area (Å²) in [6.07, 6.45) is -4.47. The van der Waals surface area contributed by atoms with E-state index >= 15 is 0 Å². The molecule has 4 rings (SSSR count). The van der Waals surface area contributed by atoms with Gasteiger partial charge in [0.15, 0.2) is 5.13 Å². The second-order valence-electron chi connectivity index (χ2n) is 6.17. The lowest BCUT2D eigenvalue weighted by molar-refractivity contribution is -0.384. The number of hydrogen-bond acceptors (Lipinski definition) is 7. The van der Waals surface area contributed by atoms with Crippen molar-refractivity contribution in [3.63, 3.8) is 0 Å². The Labute approximate surface area is 169 Å². The molecule has 1 N–H and O–H groups in total. The third-order valence-corrected chi connectivity index (χ3v) is 4.91. The first-order valence-electron chi connectivity index (χ1n) is 8.33. The Morgan fingerprint density at radius 3 is 2.67 bits per heavy atom. The smallest absolute Gasteiger partial charge is 0.416 e. The minimum Gasteiger partial charge on any atom is -0.422 e. The van der Waals surface area contributed by atoms with Gasteiger partial charge in [-0.2, -0.15) is 13.2 Å². The molecule has 0 saturated carbocycles. The van der Waals surface area contributed by atoms with E-state index in [1.807, 2.05) is 0 Å². The number of nitrogens with one attached hydrogen (secondary N) is 1. The van der Waals surface area contributed by atoms with Crippen LogP contribution in [0.25, 0.3) is 22.2 Å². The van der Waals surface area contributed by atoms with E-state index in [9.17, 15) is 28.1 Å². The van der Waals surface area contributed by atoms with Gasteiger partial charge in [0.2, 0.25) is 0 Å². The normalized spacial score (nSPS) is 11.6. The lowest BCUT2D eigenvalue weighted by Crippen LogP contribution is -2.05. The fourth-order valence-corrected chi connectivity index (χ4v) is 3.49. The van der Waals surface area contributed by atoms with Crippen molar-refractivity contribution in [2.75, 3.05) is 5.32 Å². The third-order valence-electron chi connectivity index (χ3n) is 4.15. The van der Waals surface area contributed by atoms with Gasteiger partial charge < -0.3 is 9.73 Å². The molecule has 4 aromatic rings. The zero-order valence-corrected chi connectivity index (χ0v) is 15.6. The SMILES string of the molecule is O=c1oc2ccc([N+](=O)[O-])cc2cc1-c1csc(Nc2cccc(C(F)(F)F)c2)n1. The number of hydrogen-bond donors (Lipinski definition) is 1. The minimum absolute atomic E-state index is 0.0799. The Morgan fingerprint density at radius 1 is 1.13 bits per heavy atom. The molecule has 7 nitrogen and oxygen atoms in total. The summed E-state index contributed by atoms with van der Waals surface area (Å²) in [7, 11) is 0. The predicted molar refractivity (Wildman–Crippen MR) is 105 cm³/mol. The van der Waals surface area contributed by atoms with E-state index in [0.29, 0.717) is 5.39 Å². The number of non-ortho nitro benzene ring substituents is 1. The molecular formula is C19H10F3N3O4S. The number of nitro benzene ring substituents is 1. The predicted octanol–water partition coefficient (Wildman–Crippen LogP) is 5.59. The van der Waals surface area contributed by atoms with Gasteiger partial charge in [-0.1, -0.05) is 6.07 Å². The fourth-order valence-electron chi connectivity index (χ4n) is 2.75. The topological polar surface area (TPSA) is 98.3 Å². The van der Waals surface area contributed by atoms with E-state index in [1.54, 1.807) is 0 Å². The molecule has 152 valence electrons. The molecular weight excluding hydrogens is 423 g/mol. The minimum atomic E-state index is -4.47. The summed E-state index contributed by atoms with van der Waals surface area (Å²) in [5.74, 6) is 0. The maximum Gasteiger partial charge on any atom is 0.416 e. The van der Waals surface area contributed by atoms with Crippen molar-refractivity contribution < 1.29 is 22.5 Å². The Kier molecular flexibility index (Phi) is 4.74. The first-order chi connectivity index (χ1) is 14.2. The van der Waals surface area contributed by atoms with Gasteiger partial charge in [0.05, 0.1) is 21.7 Å². The van der Waals surface area contributed by atoms with Gasteiger partial charge in [-0.3, -0.25) is 10.1 Å². The van der Waals surface area contributed by atoms with Gasteiger partial charge in [0.1, 0.15) is 5.58 Å². The number of rotatable bonds is 4. The second kappa shape index (κ2) is 7.26. The van der Waals surface area contributed by atoms with Crippen LogP contribution in [-0.4, -0.2) is 9.91 Å². The van der Waals surface area contributed by atoms with E-state index in [0.717, 1.165) is 23.5 Å². The molecule has 0 saturated heterocycles. The molecule has 2 aromatic carbocycles. The molecule has 0 spiro atoms. The number of halogens is 3. The van der Waals surface area contributed by atoms with E-state index < -0.39 is 22.3 Å². The van der Waals surface area contributed by atoms with Crippen LogP contribution in [0.15, 0.2) is 63.1 Å². The summed E-state index contributed by atoms with van der Waals surface area (Å²) in [6, 6.07) is 9.89. The first-order valence-corrected chi connectivity index (χ1v) is 9.21. The third kappa shape index (κ3) is 3.87. The second-order valence-corrected chi connectivity index (χ2v) is 7.03. The lowest BCUT2D eigenvalue weighted by Gasteiger charge is -2.08. The Balaban J connectivity index is 1.67. The summed E-state index contributed by atoms with van der Waals surface area (Å²) >= 11 is 1.08. The van der Waals surface area contributed by atoms with E-state index in [1.165, 1.54) is 41.8 Å². The molecule has 0 atom stereocenters. The summed E-state index contributed by atoms with van der Waals surface area (Å²) in [4.78, 5) is 26.9. The number of thiazole rings is 1. The molecule has 11 heteroatoms. The fraction of sp³-hybridized carbons (Fsp3) is 0.0526. The van der Waals surface area contributed by atoms with E-state index in [-0.39, 0.29) is 33.3 Å². The molecule has 30 heavy (non-hydrogen) atoms. The van der Waals surface area contributed by atoms with Crippen LogP contribution in [0.5, 0.6) is 0 Å². The van der Waals surface area contributed by atoms with Crippen LogP contribution in [0.2, 0.25) is 0 Å². The van der Waals surface area contributed by atoms with Crippen LogP contribution in [0, 0.1) is 10.1 Å². The standard InChI is InChI=1S/C19H10F3N3O4S/c20-19(21,22)11-2-1-3-12(8-11)23-18-24-15(9-30-18)14-7-10-6-13(25(27)28)4-5-16(10)29-17(14)26/h1-9H,(H,23,24). The Hall–Kier alpha value is -3.73. The van der Waals surface area contributed by atoms with Gasteiger partial charge in [-0.25, -0.2) is 9.78 Å². The van der Waals surface area contributed by atoms with E-state index in [2.05, 4.69) is 10.3 Å². The lowest BCUT2D eigenvalue weighted by atomic mass is 10.1. The highest BCUT2D eigenvalue weighted by Crippen LogP contribution is 2.33. The quantitative estimate of drug-likeness (QED) is 0.256. The molecule has 0 fully saturated rings. The van der Waals surface area contributed by atoms with Gasteiger partial charge >= 0.3 is 11.8 Å². The number of benzene rings is 2. The molecule has 0 unspecified atom stereocenters. The molecule has 0 amide bonds. The maximum atomic E-state index is 12.9. The highest BCUT2D eigenvalue weighted by Gasteiger charge is 2.30. The summed E-state index contributed by atoms with van der Waals surface area (Å²) < 4.78 is 43.8. The molecule has 0 bridgehead atoms. The van der Waals surface area contributed by atoms with E-state index in [4.69, 9.17) is 4.42 Å². The number of nitro groups is 1. The molecule has 0 aliphatic heterocycles. The summed E-state index contributed by atoms with van der Waals surface area (Å²) in [6.45, 7) is 0. The highest BCUT2D eigenvalue weighted by atomic mass is 32.1. The monoisotopic (exact) mass is 433 g/mol. The first kappa shape index (κ1) is 19.6. The number of anilines is 2. The van der Waals surface area contributed by atoms with Crippen LogP contribution in [-0.2, 0) is 6.18 Å². The molecule has 0 aliphatic rings. The average molecular weight is 433 g/mol. The summed E-state index contributed by atoms with van der Waals surface area (Å²) in [5, 5.41) is 15.9. The van der Waals surface area contributed by atoms with Gasteiger partial charge in [0.25, 0.3) is 5.69 Å². The van der Waals surface area contributed by atoms with Crippen molar-refractivity contribution >= 4 is 38.8 Å². The number of nitrogens with zero attached hydrogens (tertiary/aromatic N) is 2. The van der Waals surface area contributed by atoms with Crippen LogP contribution in [0.3, 0.4) is 0 Å². The maximum absolute atomic E-state index is 12.9. The van der Waals surface area contributed by atoms with Crippen molar-refractivity contribution in [1.82, 2.24) is 4.98 Å². The van der Waals surface area contributed by atoms with Crippen molar-refractivity contribution in [3.8, 4) is 11.3 Å². The van der Waals surface area contributed by atoms with Crippen LogP contribution >= 0.6 is 11.3 Å². The number of aromatic nitrogens is 1. The molecule has 2 aromatic heterocycles. The van der Waals surface area contributed by atoms with Crippen molar-refractivity contribution in [3.05, 3.63) is 80.0 Å². The average Bonchev–Trinajstić information content (AvgIpc) is 3.14. The van der Waals surface area contributed by atoms with Gasteiger partial charge in [0, 0.05) is 28.6 Å². The number of alkyl halides is 3. The Morgan fingerprint density at radius 2 is 1.93 bits per heavy atom. The van der Waals surface area contributed by atoms with Gasteiger partial charge in [-0.15, -0.1) is 11.3 Å². The van der Waals surface area contributed by atoms with Crippen LogP contribution < -0.4 is 10.9 Å². The van der Waals surface area contributed by atoms with Crippen LogP contribution in [0.1, 0.15) is 5.56 Å².